The van der Waals surface area contributed by atoms with E-state index in [1.807, 2.05) is 12.1 Å². The number of rotatable bonds is 4. The summed E-state index contributed by atoms with van der Waals surface area (Å²) in [5.74, 6) is 0.354. The Hall–Kier alpha value is -1.80. The standard InChI is InChI=1S/C18H20O2/c19-10-2-1-3-13-4-8-17-14(11-13)5-6-15-12-16(20)7-9-18(15)17/h4,7-9,11-12,19-20H,1-3,5-6,10H2. The van der Waals surface area contributed by atoms with E-state index in [0.29, 0.717) is 5.75 Å². The molecule has 1 aliphatic carbocycles. The molecule has 0 radical (unpaired) electrons. The number of aliphatic hydroxyl groups is 1. The average molecular weight is 268 g/mol. The van der Waals surface area contributed by atoms with Gasteiger partial charge < -0.3 is 10.2 Å². The molecule has 0 saturated heterocycles. The zero-order chi connectivity index (χ0) is 13.9. The van der Waals surface area contributed by atoms with Crippen LogP contribution < -0.4 is 0 Å². The Morgan fingerprint density at radius 1 is 0.850 bits per heavy atom. The zero-order valence-corrected chi connectivity index (χ0v) is 11.6. The number of benzene rings is 2. The molecule has 20 heavy (non-hydrogen) atoms. The molecule has 0 saturated carbocycles. The summed E-state index contributed by atoms with van der Waals surface area (Å²) in [5, 5.41) is 18.4. The Morgan fingerprint density at radius 2 is 1.55 bits per heavy atom. The quantitative estimate of drug-likeness (QED) is 0.834. The summed E-state index contributed by atoms with van der Waals surface area (Å²) in [4.78, 5) is 0. The summed E-state index contributed by atoms with van der Waals surface area (Å²) in [5.41, 5.74) is 6.57. The monoisotopic (exact) mass is 268 g/mol. The fraction of sp³-hybridized carbons (Fsp3) is 0.333. The van der Waals surface area contributed by atoms with Crippen molar-refractivity contribution in [1.82, 2.24) is 0 Å². The first-order chi connectivity index (χ1) is 9.78. The molecular formula is C18H20O2. The maximum absolute atomic E-state index is 9.58. The molecule has 2 N–H and O–H groups in total. The van der Waals surface area contributed by atoms with Crippen LogP contribution in [0.2, 0.25) is 0 Å². The third-order valence-corrected chi connectivity index (χ3v) is 4.09. The fourth-order valence-corrected chi connectivity index (χ4v) is 3.03. The molecule has 0 fully saturated rings. The van der Waals surface area contributed by atoms with Crippen LogP contribution in [-0.4, -0.2) is 16.8 Å². The Bertz CT molecular complexity index is 617. The first-order valence-corrected chi connectivity index (χ1v) is 7.33. The van der Waals surface area contributed by atoms with Crippen molar-refractivity contribution >= 4 is 0 Å². The van der Waals surface area contributed by atoms with Crippen LogP contribution >= 0.6 is 0 Å². The second-order valence-electron chi connectivity index (χ2n) is 5.51. The van der Waals surface area contributed by atoms with Crippen molar-refractivity contribution in [1.29, 1.82) is 0 Å². The number of phenolic OH excluding ortho intramolecular Hbond substituents is 1. The molecule has 2 heteroatoms. The van der Waals surface area contributed by atoms with Gasteiger partial charge in [0, 0.05) is 6.61 Å². The van der Waals surface area contributed by atoms with Crippen LogP contribution in [-0.2, 0) is 19.3 Å². The predicted octanol–water partition coefficient (Wildman–Crippen LogP) is 3.47. The Labute approximate surface area is 119 Å². The van der Waals surface area contributed by atoms with E-state index in [2.05, 4.69) is 18.2 Å². The van der Waals surface area contributed by atoms with Crippen LogP contribution in [0.15, 0.2) is 36.4 Å². The molecule has 2 nitrogen and oxygen atoms in total. The van der Waals surface area contributed by atoms with Gasteiger partial charge in [-0.05, 0) is 72.1 Å². The summed E-state index contributed by atoms with van der Waals surface area (Å²) >= 11 is 0. The minimum Gasteiger partial charge on any atom is -0.508 e. The third kappa shape index (κ3) is 2.56. The van der Waals surface area contributed by atoms with Gasteiger partial charge in [-0.25, -0.2) is 0 Å². The second kappa shape index (κ2) is 5.68. The molecule has 0 atom stereocenters. The zero-order valence-electron chi connectivity index (χ0n) is 11.6. The van der Waals surface area contributed by atoms with Crippen molar-refractivity contribution in [2.45, 2.75) is 32.1 Å². The topological polar surface area (TPSA) is 40.5 Å². The third-order valence-electron chi connectivity index (χ3n) is 4.09. The molecule has 0 spiro atoms. The number of aliphatic hydroxyl groups excluding tert-OH is 1. The lowest BCUT2D eigenvalue weighted by molar-refractivity contribution is 0.284. The van der Waals surface area contributed by atoms with E-state index in [1.54, 1.807) is 6.07 Å². The molecule has 0 aromatic heterocycles. The number of aromatic hydroxyl groups is 1. The highest BCUT2D eigenvalue weighted by molar-refractivity contribution is 5.74. The lowest BCUT2D eigenvalue weighted by atomic mass is 9.84. The molecular weight excluding hydrogens is 248 g/mol. The first-order valence-electron chi connectivity index (χ1n) is 7.33. The maximum atomic E-state index is 9.58. The van der Waals surface area contributed by atoms with Crippen LogP contribution in [0.1, 0.15) is 29.5 Å². The largest absolute Gasteiger partial charge is 0.508 e. The van der Waals surface area contributed by atoms with E-state index in [4.69, 9.17) is 5.11 Å². The van der Waals surface area contributed by atoms with E-state index < -0.39 is 0 Å². The molecule has 104 valence electrons. The molecule has 3 rings (SSSR count). The summed E-state index contributed by atoms with van der Waals surface area (Å²) in [6.07, 6.45) is 4.99. The van der Waals surface area contributed by atoms with Gasteiger partial charge in [-0.3, -0.25) is 0 Å². The van der Waals surface area contributed by atoms with Gasteiger partial charge in [-0.2, -0.15) is 0 Å². The average Bonchev–Trinajstić information content (AvgIpc) is 2.47. The summed E-state index contributed by atoms with van der Waals surface area (Å²) in [6.45, 7) is 0.280. The van der Waals surface area contributed by atoms with Crippen molar-refractivity contribution in [3.63, 3.8) is 0 Å². The van der Waals surface area contributed by atoms with Gasteiger partial charge in [-0.15, -0.1) is 0 Å². The van der Waals surface area contributed by atoms with E-state index >= 15 is 0 Å². The number of hydrogen-bond donors (Lipinski definition) is 2. The van der Waals surface area contributed by atoms with Crippen molar-refractivity contribution in [3.05, 3.63) is 53.1 Å². The minimum absolute atomic E-state index is 0.280. The number of phenols is 1. The van der Waals surface area contributed by atoms with E-state index in [1.165, 1.54) is 27.8 Å². The Kier molecular flexibility index (Phi) is 3.75. The molecule has 0 unspecified atom stereocenters. The van der Waals surface area contributed by atoms with Crippen LogP contribution in [0.25, 0.3) is 11.1 Å². The van der Waals surface area contributed by atoms with Crippen molar-refractivity contribution in [3.8, 4) is 16.9 Å². The lowest BCUT2D eigenvalue weighted by Gasteiger charge is -2.21. The van der Waals surface area contributed by atoms with Gasteiger partial charge in [0.25, 0.3) is 0 Å². The van der Waals surface area contributed by atoms with Crippen LogP contribution in [0, 0.1) is 0 Å². The molecule has 0 heterocycles. The van der Waals surface area contributed by atoms with Gasteiger partial charge >= 0.3 is 0 Å². The molecule has 0 aliphatic heterocycles. The highest BCUT2D eigenvalue weighted by Crippen LogP contribution is 2.35. The van der Waals surface area contributed by atoms with Gasteiger partial charge in [0.05, 0.1) is 0 Å². The summed E-state index contributed by atoms with van der Waals surface area (Å²) in [7, 11) is 0. The number of hydrogen-bond acceptors (Lipinski definition) is 2. The molecule has 2 aromatic carbocycles. The smallest absolute Gasteiger partial charge is 0.115 e. The fourth-order valence-electron chi connectivity index (χ4n) is 3.03. The van der Waals surface area contributed by atoms with Crippen LogP contribution in [0.3, 0.4) is 0 Å². The summed E-state index contributed by atoms with van der Waals surface area (Å²) in [6, 6.07) is 12.4. The predicted molar refractivity (Wildman–Crippen MR) is 81.0 cm³/mol. The highest BCUT2D eigenvalue weighted by Gasteiger charge is 2.16. The van der Waals surface area contributed by atoms with Crippen molar-refractivity contribution in [2.24, 2.45) is 0 Å². The summed E-state index contributed by atoms with van der Waals surface area (Å²) < 4.78 is 0. The molecule has 0 amide bonds. The van der Waals surface area contributed by atoms with E-state index in [9.17, 15) is 5.11 Å². The van der Waals surface area contributed by atoms with Crippen LogP contribution in [0.4, 0.5) is 0 Å². The maximum Gasteiger partial charge on any atom is 0.115 e. The molecule has 1 aliphatic rings. The van der Waals surface area contributed by atoms with Gasteiger partial charge in [-0.1, -0.05) is 24.3 Å². The van der Waals surface area contributed by atoms with E-state index in [0.717, 1.165) is 32.1 Å². The Morgan fingerprint density at radius 3 is 2.30 bits per heavy atom. The van der Waals surface area contributed by atoms with Crippen molar-refractivity contribution < 1.29 is 10.2 Å². The van der Waals surface area contributed by atoms with Gasteiger partial charge in [0.15, 0.2) is 0 Å². The molecule has 2 aromatic rings. The Balaban J connectivity index is 1.89. The van der Waals surface area contributed by atoms with Gasteiger partial charge in [0.2, 0.25) is 0 Å². The number of fused-ring (bicyclic) bond motifs is 3. The highest BCUT2D eigenvalue weighted by atomic mass is 16.3. The number of aryl methyl sites for hydroxylation is 3. The van der Waals surface area contributed by atoms with E-state index in [-0.39, 0.29) is 6.61 Å². The normalized spacial score (nSPS) is 12.8. The van der Waals surface area contributed by atoms with Gasteiger partial charge in [0.1, 0.15) is 5.75 Å². The number of unbranched alkanes of at least 4 members (excludes halogenated alkanes) is 1. The van der Waals surface area contributed by atoms with Crippen molar-refractivity contribution in [2.75, 3.05) is 6.61 Å². The minimum atomic E-state index is 0.280. The first kappa shape index (κ1) is 13.2. The van der Waals surface area contributed by atoms with Crippen LogP contribution in [0.5, 0.6) is 5.75 Å². The lowest BCUT2D eigenvalue weighted by Crippen LogP contribution is -2.04. The SMILES string of the molecule is OCCCCc1ccc2c(c1)CCc1cc(O)ccc1-2. The molecule has 0 bridgehead atoms. The second-order valence-corrected chi connectivity index (χ2v) is 5.51.